The highest BCUT2D eigenvalue weighted by Crippen LogP contribution is 2.05. The van der Waals surface area contributed by atoms with Gasteiger partial charge in [0.15, 0.2) is 0 Å². The van der Waals surface area contributed by atoms with Crippen molar-refractivity contribution in [1.29, 1.82) is 0 Å². The molecule has 3 N–H and O–H groups in total. The van der Waals surface area contributed by atoms with Crippen LogP contribution in [0.25, 0.3) is 0 Å². The first kappa shape index (κ1) is 13.2. The van der Waals surface area contributed by atoms with Gasteiger partial charge >= 0.3 is 0 Å². The molecule has 3 heteroatoms. The van der Waals surface area contributed by atoms with Crippen molar-refractivity contribution < 1.29 is 0 Å². The van der Waals surface area contributed by atoms with Crippen LogP contribution < -0.4 is 11.3 Å². The van der Waals surface area contributed by atoms with Crippen LogP contribution in [0.4, 0.5) is 0 Å². The van der Waals surface area contributed by atoms with Gasteiger partial charge in [-0.25, -0.2) is 0 Å². The van der Waals surface area contributed by atoms with Crippen LogP contribution in [0.15, 0.2) is 24.3 Å². The van der Waals surface area contributed by atoms with Gasteiger partial charge in [-0.15, -0.1) is 0 Å². The molecule has 0 aliphatic heterocycles. The van der Waals surface area contributed by atoms with Gasteiger partial charge in [-0.3, -0.25) is 11.3 Å². The molecule has 0 aliphatic carbocycles. The summed E-state index contributed by atoms with van der Waals surface area (Å²) < 4.78 is 0. The van der Waals surface area contributed by atoms with E-state index in [0.717, 1.165) is 19.5 Å². The lowest BCUT2D eigenvalue weighted by Crippen LogP contribution is -2.22. The normalized spacial score (nSPS) is 11.0. The Balaban J connectivity index is 2.37. The van der Waals surface area contributed by atoms with Crippen LogP contribution >= 0.6 is 0 Å². The monoisotopic (exact) mass is 221 g/mol. The van der Waals surface area contributed by atoms with Gasteiger partial charge in [0.25, 0.3) is 0 Å². The molecule has 1 rings (SSSR count). The number of hydrazine groups is 1. The largest absolute Gasteiger partial charge is 0.306 e. The average molecular weight is 221 g/mol. The van der Waals surface area contributed by atoms with Gasteiger partial charge in [-0.2, -0.15) is 0 Å². The summed E-state index contributed by atoms with van der Waals surface area (Å²) >= 11 is 0. The molecule has 3 nitrogen and oxygen atoms in total. The summed E-state index contributed by atoms with van der Waals surface area (Å²) in [6.45, 7) is 5.25. The lowest BCUT2D eigenvalue weighted by molar-refractivity contribution is 0.339. The summed E-state index contributed by atoms with van der Waals surface area (Å²) in [5.74, 6) is 5.27. The maximum absolute atomic E-state index is 5.27. The third-order valence-electron chi connectivity index (χ3n) is 2.72. The highest BCUT2D eigenvalue weighted by molar-refractivity contribution is 5.22. The van der Waals surface area contributed by atoms with Crippen molar-refractivity contribution in [2.75, 3.05) is 20.1 Å². The molecule has 0 radical (unpaired) electrons. The third-order valence-corrected chi connectivity index (χ3v) is 2.72. The maximum atomic E-state index is 5.27. The van der Waals surface area contributed by atoms with Crippen LogP contribution in [-0.2, 0) is 13.0 Å². The van der Waals surface area contributed by atoms with E-state index in [-0.39, 0.29) is 0 Å². The summed E-state index contributed by atoms with van der Waals surface area (Å²) in [6, 6.07) is 8.64. The number of hydrogen-bond donors (Lipinski definition) is 2. The first-order valence-corrected chi connectivity index (χ1v) is 5.96. The molecule has 0 heterocycles. The first-order chi connectivity index (χ1) is 7.76. The van der Waals surface area contributed by atoms with E-state index < -0.39 is 0 Å². The number of rotatable bonds is 7. The van der Waals surface area contributed by atoms with Crippen molar-refractivity contribution >= 4 is 0 Å². The van der Waals surface area contributed by atoms with Crippen molar-refractivity contribution in [1.82, 2.24) is 10.3 Å². The first-order valence-electron chi connectivity index (χ1n) is 5.96. The quantitative estimate of drug-likeness (QED) is 0.542. The zero-order chi connectivity index (χ0) is 11.8. The van der Waals surface area contributed by atoms with Crippen molar-refractivity contribution in [2.24, 2.45) is 5.84 Å². The van der Waals surface area contributed by atoms with E-state index in [1.165, 1.54) is 24.1 Å². The fourth-order valence-corrected chi connectivity index (χ4v) is 1.76. The van der Waals surface area contributed by atoms with Gasteiger partial charge in [0.05, 0.1) is 0 Å². The predicted molar refractivity (Wildman–Crippen MR) is 69.0 cm³/mol. The molecule has 0 spiro atoms. The number of hydrogen-bond acceptors (Lipinski definition) is 3. The summed E-state index contributed by atoms with van der Waals surface area (Å²) in [4.78, 5) is 2.37. The van der Waals surface area contributed by atoms with Gasteiger partial charge < -0.3 is 4.90 Å². The molecule has 0 atom stereocenters. The van der Waals surface area contributed by atoms with Gasteiger partial charge in [-0.1, -0.05) is 31.2 Å². The predicted octanol–water partition coefficient (Wildman–Crippen LogP) is 1.53. The number of nitrogens with two attached hydrogens (primary N) is 1. The van der Waals surface area contributed by atoms with Crippen molar-refractivity contribution in [2.45, 2.75) is 26.3 Å². The Morgan fingerprint density at radius 1 is 1.12 bits per heavy atom. The Bertz CT molecular complexity index is 282. The second-order valence-corrected chi connectivity index (χ2v) is 4.25. The molecule has 90 valence electrons. The Kier molecular flexibility index (Phi) is 6.08. The second-order valence-electron chi connectivity index (χ2n) is 4.25. The van der Waals surface area contributed by atoms with E-state index >= 15 is 0 Å². The Labute approximate surface area is 98.6 Å². The van der Waals surface area contributed by atoms with Crippen molar-refractivity contribution in [3.05, 3.63) is 35.4 Å². The fourth-order valence-electron chi connectivity index (χ4n) is 1.76. The van der Waals surface area contributed by atoms with Crippen LogP contribution in [0.3, 0.4) is 0 Å². The third kappa shape index (κ3) is 4.75. The van der Waals surface area contributed by atoms with E-state index in [9.17, 15) is 0 Å². The molecule has 0 fully saturated rings. The standard InChI is InChI=1S/C13H23N3/c1-3-9-16(2)10-8-12-4-6-13(7-5-12)11-15-14/h4-7,15H,3,8-11,14H2,1-2H3. The van der Waals surface area contributed by atoms with Gasteiger partial charge in [0.1, 0.15) is 0 Å². The Morgan fingerprint density at radius 3 is 2.31 bits per heavy atom. The molecule has 0 saturated heterocycles. The molecule has 0 amide bonds. The molecule has 16 heavy (non-hydrogen) atoms. The Morgan fingerprint density at radius 2 is 1.75 bits per heavy atom. The number of nitrogens with zero attached hydrogens (tertiary/aromatic N) is 1. The summed E-state index contributed by atoms with van der Waals surface area (Å²) in [6.07, 6.45) is 2.34. The Hall–Kier alpha value is -0.900. The van der Waals surface area contributed by atoms with Crippen LogP contribution in [0.5, 0.6) is 0 Å². The van der Waals surface area contributed by atoms with E-state index in [0.29, 0.717) is 0 Å². The second kappa shape index (κ2) is 7.39. The summed E-state index contributed by atoms with van der Waals surface area (Å²) in [5, 5.41) is 0. The summed E-state index contributed by atoms with van der Waals surface area (Å²) in [5.41, 5.74) is 5.28. The lowest BCUT2D eigenvalue weighted by atomic mass is 10.1. The minimum absolute atomic E-state index is 0.732. The molecule has 0 aromatic heterocycles. The van der Waals surface area contributed by atoms with Crippen molar-refractivity contribution in [3.8, 4) is 0 Å². The molecule has 0 unspecified atom stereocenters. The molecule has 0 bridgehead atoms. The van der Waals surface area contributed by atoms with Gasteiger partial charge in [0.2, 0.25) is 0 Å². The number of benzene rings is 1. The minimum Gasteiger partial charge on any atom is -0.306 e. The molecule has 1 aromatic rings. The number of likely N-dealkylation sites (N-methyl/N-ethyl adjacent to an activating group) is 1. The molecular weight excluding hydrogens is 198 g/mol. The SMILES string of the molecule is CCCN(C)CCc1ccc(CNN)cc1. The van der Waals surface area contributed by atoms with Crippen LogP contribution in [0.1, 0.15) is 24.5 Å². The number of nitrogens with one attached hydrogen (secondary N) is 1. The minimum atomic E-state index is 0.732. The zero-order valence-corrected chi connectivity index (χ0v) is 10.4. The maximum Gasteiger partial charge on any atom is 0.0348 e. The van der Waals surface area contributed by atoms with Gasteiger partial charge in [0, 0.05) is 13.1 Å². The molecular formula is C13H23N3. The van der Waals surface area contributed by atoms with Crippen molar-refractivity contribution in [3.63, 3.8) is 0 Å². The van der Waals surface area contributed by atoms with Crippen LogP contribution in [0.2, 0.25) is 0 Å². The molecule has 0 saturated carbocycles. The zero-order valence-electron chi connectivity index (χ0n) is 10.4. The molecule has 1 aromatic carbocycles. The fraction of sp³-hybridized carbons (Fsp3) is 0.538. The summed E-state index contributed by atoms with van der Waals surface area (Å²) in [7, 11) is 2.18. The molecule has 0 aliphatic rings. The van der Waals surface area contributed by atoms with Gasteiger partial charge in [-0.05, 0) is 37.6 Å². The topological polar surface area (TPSA) is 41.3 Å². The van der Waals surface area contributed by atoms with E-state index in [2.05, 4.69) is 48.6 Å². The highest BCUT2D eigenvalue weighted by atomic mass is 15.2. The van der Waals surface area contributed by atoms with E-state index in [4.69, 9.17) is 5.84 Å². The average Bonchev–Trinajstić information content (AvgIpc) is 2.29. The van der Waals surface area contributed by atoms with E-state index in [1.807, 2.05) is 0 Å². The van der Waals surface area contributed by atoms with Crippen LogP contribution in [0, 0.1) is 0 Å². The highest BCUT2D eigenvalue weighted by Gasteiger charge is 1.98. The lowest BCUT2D eigenvalue weighted by Gasteiger charge is -2.15. The van der Waals surface area contributed by atoms with Crippen LogP contribution in [-0.4, -0.2) is 25.0 Å². The smallest absolute Gasteiger partial charge is 0.0348 e. The van der Waals surface area contributed by atoms with E-state index in [1.54, 1.807) is 0 Å².